The number of nitrogens with zero attached hydrogens (tertiary/aromatic N) is 2. The van der Waals surface area contributed by atoms with Crippen LogP contribution in [0.3, 0.4) is 0 Å². The molecule has 1 aromatic carbocycles. The van der Waals surface area contributed by atoms with Crippen LogP contribution in [0.1, 0.15) is 12.8 Å². The minimum atomic E-state index is -4.94. The number of carbonyl (C=O) groups excluding carboxylic acids is 1. The van der Waals surface area contributed by atoms with Crippen molar-refractivity contribution in [2.24, 2.45) is 0 Å². The van der Waals surface area contributed by atoms with E-state index < -0.39 is 45.8 Å². The van der Waals surface area contributed by atoms with Crippen molar-refractivity contribution in [2.75, 3.05) is 19.4 Å². The van der Waals surface area contributed by atoms with E-state index in [0.717, 1.165) is 6.26 Å². The van der Waals surface area contributed by atoms with E-state index in [9.17, 15) is 26.4 Å². The fourth-order valence-corrected chi connectivity index (χ4v) is 2.78. The van der Waals surface area contributed by atoms with Gasteiger partial charge < -0.3 is 14.6 Å². The number of aromatic nitrogens is 2. The Labute approximate surface area is 169 Å². The van der Waals surface area contributed by atoms with Crippen LogP contribution >= 0.6 is 0 Å². The molecule has 2 N–H and O–H groups in total. The Hall–Kier alpha value is -3.22. The van der Waals surface area contributed by atoms with Crippen LogP contribution in [0, 0.1) is 5.41 Å². The summed E-state index contributed by atoms with van der Waals surface area (Å²) in [6.45, 7) is 1.12. The Morgan fingerprint density at radius 1 is 1.37 bits per heavy atom. The predicted octanol–water partition coefficient (Wildman–Crippen LogP) is 2.22. The molecule has 0 fully saturated rings. The molecule has 162 valence electrons. The molecule has 0 amide bonds. The van der Waals surface area contributed by atoms with E-state index in [2.05, 4.69) is 15.5 Å². The molecular weight excluding hydrogens is 429 g/mol. The summed E-state index contributed by atoms with van der Waals surface area (Å²) in [6, 6.07) is 5.56. The molecule has 0 saturated carbocycles. The molecule has 0 bridgehead atoms. The molecule has 1 heterocycles. The first-order valence-corrected chi connectivity index (χ1v) is 10.2. The third-order valence-corrected chi connectivity index (χ3v) is 4.61. The summed E-state index contributed by atoms with van der Waals surface area (Å²) in [5.41, 5.74) is -1.90. The van der Waals surface area contributed by atoms with Gasteiger partial charge in [-0.25, -0.2) is 8.42 Å². The lowest BCUT2D eigenvalue weighted by molar-refractivity contribution is -0.141. The molecule has 30 heavy (non-hydrogen) atoms. The van der Waals surface area contributed by atoms with Gasteiger partial charge in [-0.3, -0.25) is 10.2 Å². The van der Waals surface area contributed by atoms with E-state index in [-0.39, 0.29) is 22.9 Å². The highest BCUT2D eigenvalue weighted by Crippen LogP contribution is 2.23. The lowest BCUT2D eigenvalue weighted by atomic mass is 10.2. The van der Waals surface area contributed by atoms with Crippen LogP contribution < -0.4 is 5.32 Å². The summed E-state index contributed by atoms with van der Waals surface area (Å²) in [5.74, 6) is -1.28. The molecule has 1 aromatic heterocycles. The molecule has 0 radical (unpaired) electrons. The minimum absolute atomic E-state index is 0.0126. The van der Waals surface area contributed by atoms with Crippen LogP contribution in [0.25, 0.3) is 17.1 Å². The van der Waals surface area contributed by atoms with Gasteiger partial charge in [0.25, 0.3) is 5.89 Å². The molecule has 0 aliphatic heterocycles. The normalized spacial score (nSPS) is 12.5. The van der Waals surface area contributed by atoms with Gasteiger partial charge in [0, 0.05) is 11.8 Å². The van der Waals surface area contributed by atoms with E-state index in [4.69, 9.17) is 14.7 Å². The van der Waals surface area contributed by atoms with E-state index in [1.807, 2.05) is 0 Å². The van der Waals surface area contributed by atoms with Gasteiger partial charge in [0.2, 0.25) is 5.82 Å². The number of alkyl halides is 3. The number of allylic oxidation sites excluding steroid dienone is 1. The lowest BCUT2D eigenvalue weighted by Crippen LogP contribution is -2.26. The molecular formula is C17H17F3N4O5S. The Morgan fingerprint density at radius 2 is 2.07 bits per heavy atom. The number of benzene rings is 1. The van der Waals surface area contributed by atoms with Gasteiger partial charge in [0.1, 0.15) is 18.0 Å². The molecule has 0 unspecified atom stereocenters. The monoisotopic (exact) mass is 446 g/mol. The average Bonchev–Trinajstić information content (AvgIpc) is 3.14. The number of hydrogen-bond acceptors (Lipinski definition) is 9. The van der Waals surface area contributed by atoms with E-state index in [1.54, 1.807) is 6.92 Å². The minimum Gasteiger partial charge on any atom is -0.465 e. The van der Waals surface area contributed by atoms with Crippen LogP contribution in [0.15, 0.2) is 39.8 Å². The molecule has 0 aliphatic rings. The average molecular weight is 446 g/mol. The third-order valence-electron chi connectivity index (χ3n) is 3.50. The Kier molecular flexibility index (Phi) is 6.97. The van der Waals surface area contributed by atoms with Crippen molar-refractivity contribution in [2.45, 2.75) is 18.0 Å². The smallest absolute Gasteiger partial charge is 0.432 e. The topological polar surface area (TPSA) is 135 Å². The van der Waals surface area contributed by atoms with Gasteiger partial charge in [-0.1, -0.05) is 17.3 Å². The second-order valence-electron chi connectivity index (χ2n) is 5.85. The zero-order valence-electron chi connectivity index (χ0n) is 15.8. The van der Waals surface area contributed by atoms with Crippen molar-refractivity contribution >= 4 is 27.2 Å². The number of halogens is 3. The van der Waals surface area contributed by atoms with Crippen molar-refractivity contribution in [3.8, 4) is 11.4 Å². The number of nitrogens with one attached hydrogen (secondary N) is 2. The second-order valence-corrected chi connectivity index (χ2v) is 7.87. The first-order chi connectivity index (χ1) is 13.9. The highest BCUT2D eigenvalue weighted by Gasteiger charge is 2.33. The molecule has 0 saturated heterocycles. The summed E-state index contributed by atoms with van der Waals surface area (Å²) in [7, 11) is -3.51. The number of rotatable bonds is 8. The van der Waals surface area contributed by atoms with Crippen molar-refractivity contribution in [1.29, 1.82) is 5.41 Å². The zero-order valence-corrected chi connectivity index (χ0v) is 16.6. The standard InChI is InChI=1S/C17H17F3N4O5S/c1-3-28-14(25)9-22-12(8-13(21)17(18,19)20)16-23-15(24-29-16)10-5-4-6-11(7-10)30(2,26)27/h4-8,21-22H,3,9H2,1-2H3/b12-8-,21-13?. The van der Waals surface area contributed by atoms with Gasteiger partial charge in [0.15, 0.2) is 9.84 Å². The zero-order chi connectivity index (χ0) is 22.5. The fourth-order valence-electron chi connectivity index (χ4n) is 2.11. The summed E-state index contributed by atoms with van der Waals surface area (Å²) in [5, 5.41) is 13.2. The van der Waals surface area contributed by atoms with Crippen LogP contribution in [-0.4, -0.2) is 55.8 Å². The van der Waals surface area contributed by atoms with Crippen LogP contribution in [0.5, 0.6) is 0 Å². The fraction of sp³-hybridized carbons (Fsp3) is 0.294. The first kappa shape index (κ1) is 23.1. The maximum absolute atomic E-state index is 12.8. The summed E-state index contributed by atoms with van der Waals surface area (Å²) in [4.78, 5) is 15.4. The third kappa shape index (κ3) is 6.14. The van der Waals surface area contributed by atoms with Crippen molar-refractivity contribution in [3.63, 3.8) is 0 Å². The van der Waals surface area contributed by atoms with Crippen molar-refractivity contribution in [1.82, 2.24) is 15.5 Å². The summed E-state index contributed by atoms with van der Waals surface area (Å²) in [6.07, 6.45) is -3.54. The quantitative estimate of drug-likeness (QED) is 0.465. The van der Waals surface area contributed by atoms with Gasteiger partial charge >= 0.3 is 12.1 Å². The van der Waals surface area contributed by atoms with E-state index in [0.29, 0.717) is 6.08 Å². The van der Waals surface area contributed by atoms with Crippen molar-refractivity contribution < 1.29 is 35.6 Å². The van der Waals surface area contributed by atoms with Crippen LogP contribution in [-0.2, 0) is 19.4 Å². The highest BCUT2D eigenvalue weighted by atomic mass is 32.2. The van der Waals surface area contributed by atoms with Gasteiger partial charge in [-0.15, -0.1) is 0 Å². The number of esters is 1. The maximum Gasteiger partial charge on any atom is 0.432 e. The van der Waals surface area contributed by atoms with Gasteiger partial charge in [0.05, 0.1) is 11.5 Å². The molecule has 2 rings (SSSR count). The van der Waals surface area contributed by atoms with Gasteiger partial charge in [-0.2, -0.15) is 18.2 Å². The Balaban J connectivity index is 2.39. The van der Waals surface area contributed by atoms with E-state index >= 15 is 0 Å². The number of ether oxygens (including phenoxy) is 1. The van der Waals surface area contributed by atoms with Gasteiger partial charge in [-0.05, 0) is 25.1 Å². The molecule has 0 aliphatic carbocycles. The predicted molar refractivity (Wildman–Crippen MR) is 99.2 cm³/mol. The van der Waals surface area contributed by atoms with E-state index in [1.165, 1.54) is 24.3 Å². The lowest BCUT2D eigenvalue weighted by Gasteiger charge is -2.09. The summed E-state index contributed by atoms with van der Waals surface area (Å²) < 4.78 is 71.3. The number of sulfone groups is 1. The first-order valence-electron chi connectivity index (χ1n) is 8.33. The molecule has 2 aromatic rings. The molecule has 0 atom stereocenters. The van der Waals surface area contributed by atoms with Crippen LogP contribution in [0.4, 0.5) is 13.2 Å². The Morgan fingerprint density at radius 3 is 2.67 bits per heavy atom. The number of carbonyl (C=O) groups is 1. The molecule has 13 heteroatoms. The molecule has 9 nitrogen and oxygen atoms in total. The summed E-state index contributed by atoms with van der Waals surface area (Å²) >= 11 is 0. The van der Waals surface area contributed by atoms with Crippen LogP contribution in [0.2, 0.25) is 0 Å². The SMILES string of the molecule is CCOC(=O)CN/C(=C\C(=N)C(F)(F)F)c1nc(-c2cccc(S(C)(=O)=O)c2)no1. The molecule has 0 spiro atoms. The van der Waals surface area contributed by atoms with Crippen molar-refractivity contribution in [3.05, 3.63) is 36.2 Å². The largest absolute Gasteiger partial charge is 0.465 e. The highest BCUT2D eigenvalue weighted by molar-refractivity contribution is 7.90. The Bertz CT molecular complexity index is 1080. The maximum atomic E-state index is 12.8. The number of hydrogen-bond donors (Lipinski definition) is 2. The second kappa shape index (κ2) is 9.07.